The van der Waals surface area contributed by atoms with Gasteiger partial charge in [0.15, 0.2) is 0 Å². The van der Waals surface area contributed by atoms with Crippen molar-refractivity contribution in [3.63, 3.8) is 0 Å². The smallest absolute Gasteiger partial charge is 0.243 e. The fourth-order valence-electron chi connectivity index (χ4n) is 3.20. The van der Waals surface area contributed by atoms with Crippen LogP contribution in [0.3, 0.4) is 0 Å². The molecule has 0 radical (unpaired) electrons. The summed E-state index contributed by atoms with van der Waals surface area (Å²) in [5.41, 5.74) is 0.776. The number of piperidine rings is 1. The highest BCUT2D eigenvalue weighted by molar-refractivity contribution is 7.89. The third-order valence-corrected chi connectivity index (χ3v) is 6.50. The molecule has 0 aliphatic carbocycles. The fourth-order valence-corrected chi connectivity index (χ4v) is 4.91. The van der Waals surface area contributed by atoms with Gasteiger partial charge in [0, 0.05) is 25.2 Å². The lowest BCUT2D eigenvalue weighted by Gasteiger charge is -2.34. The Kier molecular flexibility index (Phi) is 6.00. The Hall–Kier alpha value is -2.25. The molecule has 0 bridgehead atoms. The number of hydrogen-bond acceptors (Lipinski definition) is 4. The molecular formula is C19H23N3O3S. The number of benzene rings is 1. The largest absolute Gasteiger partial charge is 0.350 e. The number of sulfonamides is 1. The first-order valence-electron chi connectivity index (χ1n) is 8.81. The average Bonchev–Trinajstić information content (AvgIpc) is 2.68. The normalized spacial score (nSPS) is 18.4. The monoisotopic (exact) mass is 373 g/mol. The topological polar surface area (TPSA) is 79.4 Å². The summed E-state index contributed by atoms with van der Waals surface area (Å²) in [6, 6.07) is 13.6. The van der Waals surface area contributed by atoms with Gasteiger partial charge in [-0.3, -0.25) is 9.78 Å². The van der Waals surface area contributed by atoms with Crippen molar-refractivity contribution < 1.29 is 13.2 Å². The van der Waals surface area contributed by atoms with Crippen molar-refractivity contribution in [3.8, 4) is 0 Å². The lowest BCUT2D eigenvalue weighted by Crippen LogP contribution is -2.45. The van der Waals surface area contributed by atoms with Gasteiger partial charge in [-0.1, -0.05) is 30.7 Å². The van der Waals surface area contributed by atoms with E-state index in [1.807, 2.05) is 18.2 Å². The highest BCUT2D eigenvalue weighted by Gasteiger charge is 2.34. The highest BCUT2D eigenvalue weighted by Crippen LogP contribution is 2.27. The molecule has 1 aromatic heterocycles. The summed E-state index contributed by atoms with van der Waals surface area (Å²) >= 11 is 0. The third-order valence-electron chi connectivity index (χ3n) is 4.54. The Morgan fingerprint density at radius 1 is 1.12 bits per heavy atom. The zero-order chi connectivity index (χ0) is 18.4. The molecule has 1 amide bonds. The van der Waals surface area contributed by atoms with Gasteiger partial charge in [-0.15, -0.1) is 0 Å². The third kappa shape index (κ3) is 4.47. The van der Waals surface area contributed by atoms with Crippen LogP contribution in [-0.4, -0.2) is 36.2 Å². The number of carbonyl (C=O) groups is 1. The molecule has 0 spiro atoms. The SMILES string of the molecule is O=C(C[C@H]1CCCCN1S(=O)(=O)c1ccccc1)NCc1ccccn1. The minimum Gasteiger partial charge on any atom is -0.350 e. The van der Waals surface area contributed by atoms with Crippen LogP contribution >= 0.6 is 0 Å². The minimum absolute atomic E-state index is 0.157. The average molecular weight is 373 g/mol. The molecule has 0 saturated carbocycles. The van der Waals surface area contributed by atoms with E-state index in [1.165, 1.54) is 4.31 Å². The number of aromatic nitrogens is 1. The molecule has 1 N–H and O–H groups in total. The van der Waals surface area contributed by atoms with E-state index in [4.69, 9.17) is 0 Å². The molecule has 26 heavy (non-hydrogen) atoms. The second-order valence-electron chi connectivity index (χ2n) is 6.38. The van der Waals surface area contributed by atoms with Gasteiger partial charge in [-0.05, 0) is 37.1 Å². The minimum atomic E-state index is -3.58. The summed E-state index contributed by atoms with van der Waals surface area (Å²) in [6.07, 6.45) is 4.29. The number of pyridine rings is 1. The predicted molar refractivity (Wildman–Crippen MR) is 98.7 cm³/mol. The fraction of sp³-hybridized carbons (Fsp3) is 0.368. The summed E-state index contributed by atoms with van der Waals surface area (Å²) in [5, 5.41) is 2.84. The van der Waals surface area contributed by atoms with Gasteiger partial charge < -0.3 is 5.32 Å². The van der Waals surface area contributed by atoms with Crippen LogP contribution in [0, 0.1) is 0 Å². The van der Waals surface area contributed by atoms with E-state index in [2.05, 4.69) is 10.3 Å². The maximum atomic E-state index is 12.9. The molecule has 2 heterocycles. The van der Waals surface area contributed by atoms with Gasteiger partial charge in [0.2, 0.25) is 15.9 Å². The van der Waals surface area contributed by atoms with E-state index in [9.17, 15) is 13.2 Å². The second-order valence-corrected chi connectivity index (χ2v) is 8.27. The van der Waals surface area contributed by atoms with E-state index < -0.39 is 10.0 Å². The number of rotatable bonds is 6. The molecule has 3 rings (SSSR count). The van der Waals surface area contributed by atoms with Crippen molar-refractivity contribution in [2.24, 2.45) is 0 Å². The van der Waals surface area contributed by atoms with E-state index in [1.54, 1.807) is 36.5 Å². The molecule has 138 valence electrons. The lowest BCUT2D eigenvalue weighted by atomic mass is 10.0. The van der Waals surface area contributed by atoms with Gasteiger partial charge in [-0.2, -0.15) is 4.31 Å². The van der Waals surface area contributed by atoms with Crippen molar-refractivity contribution in [2.75, 3.05) is 6.54 Å². The second kappa shape index (κ2) is 8.42. The molecular weight excluding hydrogens is 350 g/mol. The highest BCUT2D eigenvalue weighted by atomic mass is 32.2. The predicted octanol–water partition coefficient (Wildman–Crippen LogP) is 2.33. The Labute approximate surface area is 154 Å². The molecule has 1 saturated heterocycles. The zero-order valence-electron chi connectivity index (χ0n) is 14.5. The Morgan fingerprint density at radius 2 is 1.88 bits per heavy atom. The molecule has 1 atom stereocenters. The number of amides is 1. The number of nitrogens with one attached hydrogen (secondary N) is 1. The summed E-state index contributed by atoms with van der Waals surface area (Å²) < 4.78 is 27.4. The molecule has 1 aromatic carbocycles. The van der Waals surface area contributed by atoms with E-state index in [0.717, 1.165) is 18.5 Å². The molecule has 1 fully saturated rings. The first-order chi connectivity index (χ1) is 12.6. The van der Waals surface area contributed by atoms with E-state index in [0.29, 0.717) is 19.5 Å². The number of nitrogens with zero attached hydrogens (tertiary/aromatic N) is 2. The molecule has 7 heteroatoms. The van der Waals surface area contributed by atoms with Crippen LogP contribution < -0.4 is 5.32 Å². The van der Waals surface area contributed by atoms with Crippen LogP contribution in [0.15, 0.2) is 59.6 Å². The first kappa shape index (κ1) is 18.5. The first-order valence-corrected chi connectivity index (χ1v) is 10.2. The van der Waals surface area contributed by atoms with Crippen molar-refractivity contribution >= 4 is 15.9 Å². The van der Waals surface area contributed by atoms with Crippen LogP contribution in [0.1, 0.15) is 31.4 Å². The van der Waals surface area contributed by atoms with Crippen molar-refractivity contribution in [1.29, 1.82) is 0 Å². The zero-order valence-corrected chi connectivity index (χ0v) is 15.4. The van der Waals surface area contributed by atoms with Crippen LogP contribution in [-0.2, 0) is 21.4 Å². The van der Waals surface area contributed by atoms with Crippen LogP contribution in [0.4, 0.5) is 0 Å². The maximum Gasteiger partial charge on any atom is 0.243 e. The van der Waals surface area contributed by atoms with Gasteiger partial charge in [-0.25, -0.2) is 8.42 Å². The van der Waals surface area contributed by atoms with E-state index >= 15 is 0 Å². The van der Waals surface area contributed by atoms with Crippen LogP contribution in [0.25, 0.3) is 0 Å². The van der Waals surface area contributed by atoms with Crippen LogP contribution in [0.5, 0.6) is 0 Å². The van der Waals surface area contributed by atoms with Crippen LogP contribution in [0.2, 0.25) is 0 Å². The van der Waals surface area contributed by atoms with Gasteiger partial charge in [0.1, 0.15) is 0 Å². The summed E-state index contributed by atoms with van der Waals surface area (Å²) in [7, 11) is -3.58. The Balaban J connectivity index is 1.66. The number of carbonyl (C=O) groups excluding carboxylic acids is 1. The molecule has 2 aromatic rings. The standard InChI is InChI=1S/C19H23N3O3S/c23-19(21-15-16-8-4-6-12-20-16)14-17-9-5-7-13-22(17)26(24,25)18-10-2-1-3-11-18/h1-4,6,8,10-12,17H,5,7,9,13-15H2,(H,21,23)/t17-/m1/s1. The van der Waals surface area contributed by atoms with Gasteiger partial charge in [0.05, 0.1) is 17.1 Å². The summed E-state index contributed by atoms with van der Waals surface area (Å²) in [5.74, 6) is -0.157. The van der Waals surface area contributed by atoms with Crippen molar-refractivity contribution in [2.45, 2.75) is 43.2 Å². The Morgan fingerprint density at radius 3 is 2.62 bits per heavy atom. The van der Waals surface area contributed by atoms with Crippen molar-refractivity contribution in [3.05, 3.63) is 60.4 Å². The van der Waals surface area contributed by atoms with E-state index in [-0.39, 0.29) is 23.3 Å². The van der Waals surface area contributed by atoms with Gasteiger partial charge >= 0.3 is 0 Å². The summed E-state index contributed by atoms with van der Waals surface area (Å²) in [6.45, 7) is 0.799. The van der Waals surface area contributed by atoms with Crippen molar-refractivity contribution in [1.82, 2.24) is 14.6 Å². The molecule has 1 aliphatic heterocycles. The summed E-state index contributed by atoms with van der Waals surface area (Å²) in [4.78, 5) is 16.8. The molecule has 6 nitrogen and oxygen atoms in total. The quantitative estimate of drug-likeness (QED) is 0.843. The Bertz CT molecular complexity index is 826. The molecule has 1 aliphatic rings. The lowest BCUT2D eigenvalue weighted by molar-refractivity contribution is -0.122. The number of hydrogen-bond donors (Lipinski definition) is 1. The van der Waals surface area contributed by atoms with Gasteiger partial charge in [0.25, 0.3) is 0 Å². The maximum absolute atomic E-state index is 12.9. The molecule has 0 unspecified atom stereocenters.